The van der Waals surface area contributed by atoms with E-state index >= 15 is 0 Å². The fourth-order valence-corrected chi connectivity index (χ4v) is 3.96. The molecule has 0 unspecified atom stereocenters. The fraction of sp³-hybridized carbons (Fsp3) is 0.286. The number of amides is 1. The van der Waals surface area contributed by atoms with Gasteiger partial charge in [0.25, 0.3) is 0 Å². The standard InChI is InChI=1S/C21H25N3O3S/c1-15-7-6-10-19(16(15)2)23-21(25)14-24(28(3,26)27)12-11-17-13-22-20-9-5-4-8-18(17)20/h4-10,13,22H,11-12,14H2,1-3H3,(H,23,25). The SMILES string of the molecule is Cc1cccc(NC(=O)CN(CCc2c[nH]c3ccccc23)S(C)(=O)=O)c1C. The largest absolute Gasteiger partial charge is 0.361 e. The highest BCUT2D eigenvalue weighted by molar-refractivity contribution is 7.88. The van der Waals surface area contributed by atoms with E-state index in [2.05, 4.69) is 10.3 Å². The summed E-state index contributed by atoms with van der Waals surface area (Å²) in [6, 6.07) is 13.5. The van der Waals surface area contributed by atoms with Gasteiger partial charge < -0.3 is 10.3 Å². The van der Waals surface area contributed by atoms with Crippen LogP contribution >= 0.6 is 0 Å². The molecule has 2 N–H and O–H groups in total. The molecular weight excluding hydrogens is 374 g/mol. The van der Waals surface area contributed by atoms with Crippen molar-refractivity contribution in [2.75, 3.05) is 24.7 Å². The Morgan fingerprint density at radius 3 is 2.61 bits per heavy atom. The first-order chi connectivity index (χ1) is 13.3. The van der Waals surface area contributed by atoms with Crippen LogP contribution in [0.15, 0.2) is 48.7 Å². The molecule has 1 heterocycles. The summed E-state index contributed by atoms with van der Waals surface area (Å²) in [6.45, 7) is 3.92. The molecule has 148 valence electrons. The van der Waals surface area contributed by atoms with E-state index in [-0.39, 0.29) is 19.0 Å². The van der Waals surface area contributed by atoms with Crippen LogP contribution in [0.2, 0.25) is 0 Å². The van der Waals surface area contributed by atoms with Crippen LogP contribution in [0, 0.1) is 13.8 Å². The third-order valence-electron chi connectivity index (χ3n) is 4.97. The molecule has 0 radical (unpaired) electrons. The van der Waals surface area contributed by atoms with Crippen molar-refractivity contribution < 1.29 is 13.2 Å². The molecule has 1 amide bonds. The number of carbonyl (C=O) groups is 1. The average Bonchev–Trinajstić information content (AvgIpc) is 3.05. The minimum Gasteiger partial charge on any atom is -0.361 e. The molecule has 0 fully saturated rings. The number of benzene rings is 2. The number of nitrogens with one attached hydrogen (secondary N) is 2. The molecule has 0 bridgehead atoms. The summed E-state index contributed by atoms with van der Waals surface area (Å²) in [4.78, 5) is 15.7. The van der Waals surface area contributed by atoms with Crippen LogP contribution in [0.5, 0.6) is 0 Å². The van der Waals surface area contributed by atoms with Gasteiger partial charge in [-0.25, -0.2) is 8.42 Å². The van der Waals surface area contributed by atoms with Crippen molar-refractivity contribution in [3.8, 4) is 0 Å². The van der Waals surface area contributed by atoms with Crippen LogP contribution in [0.25, 0.3) is 10.9 Å². The van der Waals surface area contributed by atoms with Crippen LogP contribution in [0.1, 0.15) is 16.7 Å². The van der Waals surface area contributed by atoms with E-state index in [9.17, 15) is 13.2 Å². The highest BCUT2D eigenvalue weighted by Crippen LogP contribution is 2.20. The summed E-state index contributed by atoms with van der Waals surface area (Å²) in [5.74, 6) is -0.349. The summed E-state index contributed by atoms with van der Waals surface area (Å²) in [5, 5.41) is 3.89. The van der Waals surface area contributed by atoms with Crippen LogP contribution < -0.4 is 5.32 Å². The lowest BCUT2D eigenvalue weighted by Gasteiger charge is -2.20. The Balaban J connectivity index is 1.70. The van der Waals surface area contributed by atoms with Crippen molar-refractivity contribution in [1.29, 1.82) is 0 Å². The van der Waals surface area contributed by atoms with Gasteiger partial charge in [0.05, 0.1) is 12.8 Å². The van der Waals surface area contributed by atoms with Crippen LogP contribution in [0.3, 0.4) is 0 Å². The van der Waals surface area contributed by atoms with Crippen molar-refractivity contribution in [2.24, 2.45) is 0 Å². The van der Waals surface area contributed by atoms with Gasteiger partial charge in [0, 0.05) is 29.3 Å². The van der Waals surface area contributed by atoms with E-state index in [0.29, 0.717) is 12.1 Å². The molecule has 2 aromatic carbocycles. The molecule has 1 aromatic heterocycles. The molecule has 0 aliphatic rings. The number of aromatic nitrogens is 1. The van der Waals surface area contributed by atoms with Gasteiger partial charge in [-0.3, -0.25) is 4.79 Å². The Morgan fingerprint density at radius 1 is 1.11 bits per heavy atom. The second-order valence-corrected chi connectivity index (χ2v) is 8.98. The number of nitrogens with zero attached hydrogens (tertiary/aromatic N) is 1. The van der Waals surface area contributed by atoms with Gasteiger partial charge >= 0.3 is 0 Å². The number of aryl methyl sites for hydroxylation is 1. The molecule has 0 aliphatic heterocycles. The first-order valence-corrected chi connectivity index (χ1v) is 11.0. The highest BCUT2D eigenvalue weighted by Gasteiger charge is 2.21. The number of fused-ring (bicyclic) bond motifs is 1. The molecule has 0 saturated carbocycles. The van der Waals surface area contributed by atoms with Crippen molar-refractivity contribution in [3.05, 3.63) is 65.4 Å². The predicted molar refractivity (Wildman–Crippen MR) is 113 cm³/mol. The lowest BCUT2D eigenvalue weighted by molar-refractivity contribution is -0.116. The summed E-state index contributed by atoms with van der Waals surface area (Å²) in [5.41, 5.74) is 4.78. The van der Waals surface area contributed by atoms with Gasteiger partial charge in [-0.2, -0.15) is 4.31 Å². The zero-order chi connectivity index (χ0) is 20.3. The van der Waals surface area contributed by atoms with Crippen molar-refractivity contribution in [3.63, 3.8) is 0 Å². The zero-order valence-electron chi connectivity index (χ0n) is 16.3. The van der Waals surface area contributed by atoms with Gasteiger partial charge in [-0.1, -0.05) is 30.3 Å². The van der Waals surface area contributed by atoms with Gasteiger partial charge in [-0.05, 0) is 49.1 Å². The van der Waals surface area contributed by atoms with E-state index < -0.39 is 10.0 Å². The monoisotopic (exact) mass is 399 g/mol. The highest BCUT2D eigenvalue weighted by atomic mass is 32.2. The van der Waals surface area contributed by atoms with Crippen LogP contribution in [-0.4, -0.2) is 43.0 Å². The smallest absolute Gasteiger partial charge is 0.239 e. The third-order valence-corrected chi connectivity index (χ3v) is 6.22. The number of carbonyl (C=O) groups excluding carboxylic acids is 1. The molecular formula is C21H25N3O3S. The molecule has 7 heteroatoms. The summed E-state index contributed by atoms with van der Waals surface area (Å²) in [7, 11) is -3.51. The molecule has 3 rings (SSSR count). The Morgan fingerprint density at radius 2 is 1.86 bits per heavy atom. The number of sulfonamides is 1. The summed E-state index contributed by atoms with van der Waals surface area (Å²) in [6.07, 6.45) is 3.54. The van der Waals surface area contributed by atoms with Crippen molar-refractivity contribution in [2.45, 2.75) is 20.3 Å². The number of para-hydroxylation sites is 1. The van der Waals surface area contributed by atoms with E-state index in [4.69, 9.17) is 0 Å². The Kier molecular flexibility index (Phi) is 5.86. The minimum atomic E-state index is -3.51. The maximum absolute atomic E-state index is 12.5. The van der Waals surface area contributed by atoms with E-state index in [1.54, 1.807) is 0 Å². The normalized spacial score (nSPS) is 11.9. The zero-order valence-corrected chi connectivity index (χ0v) is 17.1. The maximum atomic E-state index is 12.5. The van der Waals surface area contributed by atoms with Crippen LogP contribution in [0.4, 0.5) is 5.69 Å². The number of H-pyrrole nitrogens is 1. The fourth-order valence-electron chi connectivity index (χ4n) is 3.18. The first kappa shape index (κ1) is 20.1. The van der Waals surface area contributed by atoms with Crippen molar-refractivity contribution in [1.82, 2.24) is 9.29 Å². The molecule has 28 heavy (non-hydrogen) atoms. The van der Waals surface area contributed by atoms with Gasteiger partial charge in [0.15, 0.2) is 0 Å². The van der Waals surface area contributed by atoms with Gasteiger partial charge in [-0.15, -0.1) is 0 Å². The number of aromatic amines is 1. The molecule has 0 spiro atoms. The Bertz CT molecular complexity index is 1100. The second-order valence-electron chi connectivity index (χ2n) is 7.00. The van der Waals surface area contributed by atoms with Gasteiger partial charge in [0.1, 0.15) is 0 Å². The Hall–Kier alpha value is -2.64. The summed E-state index contributed by atoms with van der Waals surface area (Å²) < 4.78 is 25.6. The van der Waals surface area contributed by atoms with E-state index in [0.717, 1.165) is 33.8 Å². The van der Waals surface area contributed by atoms with Gasteiger partial charge in [0.2, 0.25) is 15.9 Å². The average molecular weight is 400 g/mol. The predicted octanol–water partition coefficient (Wildman–Crippen LogP) is 3.23. The second kappa shape index (κ2) is 8.16. The van der Waals surface area contributed by atoms with E-state index in [1.807, 2.05) is 62.5 Å². The molecule has 0 saturated heterocycles. The first-order valence-electron chi connectivity index (χ1n) is 9.12. The Labute approximate surface area is 165 Å². The topological polar surface area (TPSA) is 82.3 Å². The third kappa shape index (κ3) is 4.61. The van der Waals surface area contributed by atoms with Crippen LogP contribution in [-0.2, 0) is 21.2 Å². The quantitative estimate of drug-likeness (QED) is 0.640. The number of anilines is 1. The molecule has 0 atom stereocenters. The maximum Gasteiger partial charge on any atom is 0.239 e. The molecule has 3 aromatic rings. The lowest BCUT2D eigenvalue weighted by Crippen LogP contribution is -2.38. The number of hydrogen-bond donors (Lipinski definition) is 2. The molecule has 0 aliphatic carbocycles. The van der Waals surface area contributed by atoms with E-state index in [1.165, 1.54) is 4.31 Å². The summed E-state index contributed by atoms with van der Waals surface area (Å²) >= 11 is 0. The number of rotatable bonds is 7. The van der Waals surface area contributed by atoms with Crippen molar-refractivity contribution >= 4 is 32.5 Å². The lowest BCUT2D eigenvalue weighted by atomic mass is 10.1. The molecule has 6 nitrogen and oxygen atoms in total. The minimum absolute atomic E-state index is 0.214. The number of hydrogen-bond acceptors (Lipinski definition) is 3.